The van der Waals surface area contributed by atoms with E-state index in [0.717, 1.165) is 12.8 Å². The maximum atomic E-state index is 11.7. The van der Waals surface area contributed by atoms with Gasteiger partial charge < -0.3 is 18.9 Å². The summed E-state index contributed by atoms with van der Waals surface area (Å²) in [6, 6.07) is 2.99. The number of ether oxygens (including phenoxy) is 4. The first-order chi connectivity index (χ1) is 14.1. The Morgan fingerprint density at radius 3 is 2.03 bits per heavy atom. The second kappa shape index (κ2) is 14.8. The molecule has 0 N–H and O–H groups in total. The predicted molar refractivity (Wildman–Crippen MR) is 105 cm³/mol. The van der Waals surface area contributed by atoms with Gasteiger partial charge in [0.1, 0.15) is 13.2 Å². The molecule has 0 fully saturated rings. The zero-order valence-electron chi connectivity index (χ0n) is 16.7. The topological polar surface area (TPSA) is 84.0 Å². The lowest BCUT2D eigenvalue weighted by atomic mass is 10.1. The first-order valence-electron chi connectivity index (χ1n) is 9.39. The number of unbranched alkanes of at least 4 members (excludes halogenated alkanes) is 4. The quantitative estimate of drug-likeness (QED) is 0.297. The van der Waals surface area contributed by atoms with Crippen LogP contribution in [0.5, 0.6) is 0 Å². The average molecular weight is 400 g/mol. The van der Waals surface area contributed by atoms with Crippen molar-refractivity contribution in [3.63, 3.8) is 0 Å². The Bertz CT molecular complexity index is 732. The molecule has 0 bridgehead atoms. The minimum atomic E-state index is -0.787. The molecule has 0 aliphatic rings. The van der Waals surface area contributed by atoms with Crippen molar-refractivity contribution in [1.82, 2.24) is 4.98 Å². The Kier molecular flexibility index (Phi) is 12.2. The minimum absolute atomic E-state index is 0.0766. The van der Waals surface area contributed by atoms with Crippen LogP contribution in [0.3, 0.4) is 0 Å². The molecule has 1 rings (SSSR count). The van der Waals surface area contributed by atoms with Crippen LogP contribution in [-0.2, 0) is 32.2 Å². The third-order valence-electron chi connectivity index (χ3n) is 3.68. The summed E-state index contributed by atoms with van der Waals surface area (Å²) in [5, 5.41) is 0. The summed E-state index contributed by atoms with van der Waals surface area (Å²) in [4.78, 5) is 27.5. The molecule has 0 saturated carbocycles. The highest BCUT2D eigenvalue weighted by atomic mass is 16.7. The van der Waals surface area contributed by atoms with Gasteiger partial charge in [-0.2, -0.15) is 0 Å². The van der Waals surface area contributed by atoms with E-state index in [2.05, 4.69) is 22.9 Å². The van der Waals surface area contributed by atoms with Crippen molar-refractivity contribution in [2.75, 3.05) is 13.2 Å². The monoisotopic (exact) mass is 400 g/mol. The summed E-state index contributed by atoms with van der Waals surface area (Å²) >= 11 is 0. The molecule has 29 heavy (non-hydrogen) atoms. The van der Waals surface area contributed by atoms with E-state index < -0.39 is 12.3 Å². The largest absolute Gasteiger partial charge is 0.508 e. The van der Waals surface area contributed by atoms with Gasteiger partial charge in [-0.25, -0.2) is 9.59 Å². The number of hydrogen-bond donors (Lipinski definition) is 0. The zero-order valence-corrected chi connectivity index (χ0v) is 16.7. The second-order valence-corrected chi connectivity index (χ2v) is 6.07. The summed E-state index contributed by atoms with van der Waals surface area (Å²) in [6.07, 6.45) is 14.5. The van der Waals surface area contributed by atoms with E-state index in [1.807, 2.05) is 0 Å². The van der Waals surface area contributed by atoms with E-state index in [9.17, 15) is 9.59 Å². The Morgan fingerprint density at radius 1 is 0.931 bits per heavy atom. The van der Waals surface area contributed by atoms with Crippen LogP contribution in [0, 0.1) is 37.7 Å². The molecule has 0 atom stereocenters. The summed E-state index contributed by atoms with van der Waals surface area (Å²) in [5.74, 6) is 5.04. The lowest BCUT2D eigenvalue weighted by molar-refractivity contribution is 0.0432. The van der Waals surface area contributed by atoms with Crippen molar-refractivity contribution in [2.45, 2.75) is 58.7 Å². The molecule has 0 aromatic carbocycles. The number of carbonyl (C=O) groups is 2. The molecule has 1 aromatic heterocycles. The SMILES string of the molecule is C#CCCCCOC(=O)OCc1[c]c(C)ncc1COC(=O)OCCCCC#C. The number of pyridine rings is 1. The van der Waals surface area contributed by atoms with Crippen molar-refractivity contribution in [2.24, 2.45) is 0 Å². The summed E-state index contributed by atoms with van der Waals surface area (Å²) in [5.41, 5.74) is 1.72. The molecular weight excluding hydrogens is 374 g/mol. The molecule has 0 aliphatic heterocycles. The van der Waals surface area contributed by atoms with Gasteiger partial charge in [-0.1, -0.05) is 0 Å². The zero-order chi connectivity index (χ0) is 21.3. The van der Waals surface area contributed by atoms with Crippen molar-refractivity contribution >= 4 is 12.3 Å². The summed E-state index contributed by atoms with van der Waals surface area (Å²) < 4.78 is 20.1. The Hall–Kier alpha value is -3.19. The second-order valence-electron chi connectivity index (χ2n) is 6.07. The van der Waals surface area contributed by atoms with Crippen LogP contribution >= 0.6 is 0 Å². The predicted octanol–water partition coefficient (Wildman–Crippen LogP) is 4.10. The molecule has 7 nitrogen and oxygen atoms in total. The first-order valence-corrected chi connectivity index (χ1v) is 9.39. The number of carbonyl (C=O) groups excluding carboxylic acids is 2. The smallest absolute Gasteiger partial charge is 0.434 e. The Balaban J connectivity index is 2.41. The molecule has 0 aliphatic carbocycles. The molecule has 1 heterocycles. The van der Waals surface area contributed by atoms with Crippen LogP contribution < -0.4 is 0 Å². The Morgan fingerprint density at radius 2 is 1.48 bits per heavy atom. The van der Waals surface area contributed by atoms with E-state index >= 15 is 0 Å². The first kappa shape index (κ1) is 23.8. The van der Waals surface area contributed by atoms with E-state index in [-0.39, 0.29) is 26.4 Å². The lowest BCUT2D eigenvalue weighted by Crippen LogP contribution is -2.12. The van der Waals surface area contributed by atoms with Crippen molar-refractivity contribution in [3.8, 4) is 24.7 Å². The highest BCUT2D eigenvalue weighted by Crippen LogP contribution is 2.13. The van der Waals surface area contributed by atoms with Crippen LogP contribution in [0.15, 0.2) is 6.20 Å². The third-order valence-corrected chi connectivity index (χ3v) is 3.68. The summed E-state index contributed by atoms with van der Waals surface area (Å²) in [6.45, 7) is 2.08. The molecule has 0 unspecified atom stereocenters. The van der Waals surface area contributed by atoms with Crippen molar-refractivity contribution in [3.05, 3.63) is 29.1 Å². The van der Waals surface area contributed by atoms with Gasteiger partial charge in [0, 0.05) is 41.9 Å². The molecule has 0 saturated heterocycles. The van der Waals surface area contributed by atoms with Crippen LogP contribution in [-0.4, -0.2) is 30.5 Å². The van der Waals surface area contributed by atoms with Crippen LogP contribution in [0.2, 0.25) is 0 Å². The maximum Gasteiger partial charge on any atom is 0.508 e. The van der Waals surface area contributed by atoms with Crippen LogP contribution in [0.4, 0.5) is 9.59 Å². The Labute approximate surface area is 172 Å². The van der Waals surface area contributed by atoms with E-state index in [1.165, 1.54) is 6.20 Å². The fraction of sp³-hybridized carbons (Fsp3) is 0.500. The van der Waals surface area contributed by atoms with Gasteiger partial charge >= 0.3 is 12.3 Å². The molecule has 0 spiro atoms. The number of aromatic nitrogens is 1. The molecule has 7 heteroatoms. The fourth-order valence-corrected chi connectivity index (χ4v) is 2.16. The normalized spacial score (nSPS) is 9.76. The average Bonchev–Trinajstić information content (AvgIpc) is 2.71. The van der Waals surface area contributed by atoms with Crippen LogP contribution in [0.1, 0.15) is 55.3 Å². The molecule has 1 radical (unpaired) electrons. The van der Waals surface area contributed by atoms with Crippen LogP contribution in [0.25, 0.3) is 0 Å². The van der Waals surface area contributed by atoms with E-state index in [1.54, 1.807) is 6.92 Å². The van der Waals surface area contributed by atoms with E-state index in [4.69, 9.17) is 31.8 Å². The molecule has 0 amide bonds. The lowest BCUT2D eigenvalue weighted by Gasteiger charge is -2.11. The maximum absolute atomic E-state index is 11.7. The van der Waals surface area contributed by atoms with Gasteiger partial charge in [0.15, 0.2) is 0 Å². The summed E-state index contributed by atoms with van der Waals surface area (Å²) in [7, 11) is 0. The number of terminal acetylenes is 2. The van der Waals surface area contributed by atoms with Gasteiger partial charge in [0.25, 0.3) is 0 Å². The third kappa shape index (κ3) is 11.3. The van der Waals surface area contributed by atoms with Gasteiger partial charge in [0.2, 0.25) is 0 Å². The minimum Gasteiger partial charge on any atom is -0.434 e. The van der Waals surface area contributed by atoms with E-state index in [0.29, 0.717) is 42.5 Å². The standard InChI is InChI=1S/C22H26NO6/c1-4-6-8-10-12-26-21(24)28-16-19-14-18(3)23-15-20(19)17-29-22(25)27-13-11-9-7-5-2/h1-2,15H,6-13,16-17H2,3H3. The number of rotatable bonds is 12. The molecule has 155 valence electrons. The van der Waals surface area contributed by atoms with Crippen molar-refractivity contribution in [1.29, 1.82) is 0 Å². The highest BCUT2D eigenvalue weighted by Gasteiger charge is 2.12. The fourth-order valence-electron chi connectivity index (χ4n) is 2.16. The van der Waals surface area contributed by atoms with Gasteiger partial charge in [-0.15, -0.1) is 24.7 Å². The number of hydrogen-bond acceptors (Lipinski definition) is 7. The number of aryl methyl sites for hydroxylation is 1. The highest BCUT2D eigenvalue weighted by molar-refractivity contribution is 5.60. The van der Waals surface area contributed by atoms with Gasteiger partial charge in [-0.3, -0.25) is 4.98 Å². The number of nitrogens with zero attached hydrogens (tertiary/aromatic N) is 1. The van der Waals surface area contributed by atoms with Gasteiger partial charge in [0.05, 0.1) is 13.2 Å². The molecular formula is C22H26NO6. The van der Waals surface area contributed by atoms with Crippen molar-refractivity contribution < 1.29 is 28.5 Å². The van der Waals surface area contributed by atoms with Gasteiger partial charge in [-0.05, 0) is 32.6 Å². The molecule has 1 aromatic rings.